The Bertz CT molecular complexity index is 837. The summed E-state index contributed by atoms with van der Waals surface area (Å²) in [5.74, 6) is -0.515. The lowest BCUT2D eigenvalue weighted by Gasteiger charge is -2.36. The number of hydrogen-bond donors (Lipinski definition) is 1. The molecule has 1 aliphatic rings. The van der Waals surface area contributed by atoms with Gasteiger partial charge in [-0.1, -0.05) is 31.5 Å². The fraction of sp³-hybridized carbons (Fsp3) is 0.476. The molecule has 1 heterocycles. The Labute approximate surface area is 159 Å². The summed E-state index contributed by atoms with van der Waals surface area (Å²) in [5.41, 5.74) is 4.45. The molecule has 1 N–H and O–H groups in total. The van der Waals surface area contributed by atoms with E-state index in [2.05, 4.69) is 60.2 Å². The lowest BCUT2D eigenvalue weighted by molar-refractivity contribution is -0.142. The first-order chi connectivity index (χ1) is 12.8. The Balaban J connectivity index is 1.83. The summed E-state index contributed by atoms with van der Waals surface area (Å²) in [6.45, 7) is 6.47. The second kappa shape index (κ2) is 7.55. The van der Waals surface area contributed by atoms with Gasteiger partial charge in [-0.05, 0) is 37.3 Å². The molecule has 2 aromatic rings. The van der Waals surface area contributed by atoms with Crippen molar-refractivity contribution in [3.8, 4) is 5.69 Å². The third-order valence-electron chi connectivity index (χ3n) is 5.08. The van der Waals surface area contributed by atoms with Gasteiger partial charge in [0.15, 0.2) is 0 Å². The minimum atomic E-state index is -0.373. The van der Waals surface area contributed by atoms with Gasteiger partial charge in [-0.25, -0.2) is 4.68 Å². The lowest BCUT2D eigenvalue weighted by Crippen LogP contribution is -2.36. The maximum absolute atomic E-state index is 12.3. The predicted molar refractivity (Wildman–Crippen MR) is 103 cm³/mol. The molecule has 3 rings (SSSR count). The SMILES string of the molecule is COC(=O)CCC(=O)N[C@@H]1CC(C)(C)Cc2c1cnn2-c1ccc(C)cc1. The summed E-state index contributed by atoms with van der Waals surface area (Å²) in [6, 6.07) is 8.17. The molecule has 6 heteroatoms. The zero-order valence-electron chi connectivity index (χ0n) is 16.4. The smallest absolute Gasteiger partial charge is 0.306 e. The molecule has 6 nitrogen and oxygen atoms in total. The first-order valence-corrected chi connectivity index (χ1v) is 9.29. The van der Waals surface area contributed by atoms with E-state index in [0.29, 0.717) is 0 Å². The number of nitrogens with one attached hydrogen (secondary N) is 1. The normalized spacial score (nSPS) is 17.9. The van der Waals surface area contributed by atoms with Gasteiger partial charge in [-0.15, -0.1) is 0 Å². The maximum Gasteiger partial charge on any atom is 0.306 e. The second-order valence-electron chi connectivity index (χ2n) is 8.04. The number of ether oxygens (including phenoxy) is 1. The number of aryl methyl sites for hydroxylation is 1. The molecular weight excluding hydrogens is 342 g/mol. The zero-order valence-corrected chi connectivity index (χ0v) is 16.4. The van der Waals surface area contributed by atoms with Gasteiger partial charge in [-0.2, -0.15) is 5.10 Å². The number of hydrogen-bond acceptors (Lipinski definition) is 4. The van der Waals surface area contributed by atoms with Crippen LogP contribution in [-0.2, 0) is 20.7 Å². The number of aromatic nitrogens is 2. The number of rotatable bonds is 5. The van der Waals surface area contributed by atoms with Crippen molar-refractivity contribution in [1.29, 1.82) is 0 Å². The van der Waals surface area contributed by atoms with Gasteiger partial charge >= 0.3 is 5.97 Å². The van der Waals surface area contributed by atoms with E-state index >= 15 is 0 Å². The third kappa shape index (κ3) is 4.38. The molecular formula is C21H27N3O3. The first kappa shape index (κ1) is 19.1. The highest BCUT2D eigenvalue weighted by atomic mass is 16.5. The van der Waals surface area contributed by atoms with E-state index in [1.165, 1.54) is 12.7 Å². The molecule has 0 aliphatic heterocycles. The average Bonchev–Trinajstić information content (AvgIpc) is 3.03. The molecule has 0 bridgehead atoms. The first-order valence-electron chi connectivity index (χ1n) is 9.29. The van der Waals surface area contributed by atoms with E-state index < -0.39 is 0 Å². The van der Waals surface area contributed by atoms with Crippen LogP contribution >= 0.6 is 0 Å². The molecule has 144 valence electrons. The van der Waals surface area contributed by atoms with E-state index in [0.717, 1.165) is 29.8 Å². The maximum atomic E-state index is 12.3. The van der Waals surface area contributed by atoms with Crippen molar-refractivity contribution in [3.63, 3.8) is 0 Å². The van der Waals surface area contributed by atoms with Gasteiger partial charge in [0.1, 0.15) is 0 Å². The quantitative estimate of drug-likeness (QED) is 0.821. The lowest BCUT2D eigenvalue weighted by atomic mass is 9.74. The highest BCUT2D eigenvalue weighted by Crippen LogP contribution is 2.41. The van der Waals surface area contributed by atoms with Gasteiger partial charge in [0.05, 0.1) is 37.2 Å². The Morgan fingerprint density at radius 1 is 1.26 bits per heavy atom. The van der Waals surface area contributed by atoms with Crippen molar-refractivity contribution in [2.75, 3.05) is 7.11 Å². The van der Waals surface area contributed by atoms with E-state index in [4.69, 9.17) is 0 Å². The van der Waals surface area contributed by atoms with Gasteiger partial charge in [0.2, 0.25) is 5.91 Å². The Morgan fingerprint density at radius 3 is 2.63 bits per heavy atom. The van der Waals surface area contributed by atoms with Gasteiger partial charge in [-0.3, -0.25) is 9.59 Å². The summed E-state index contributed by atoms with van der Waals surface area (Å²) >= 11 is 0. The number of carbonyl (C=O) groups is 2. The average molecular weight is 369 g/mol. The van der Waals surface area contributed by atoms with Crippen molar-refractivity contribution < 1.29 is 14.3 Å². The van der Waals surface area contributed by atoms with Crippen molar-refractivity contribution in [1.82, 2.24) is 15.1 Å². The molecule has 1 aromatic heterocycles. The topological polar surface area (TPSA) is 73.2 Å². The molecule has 0 saturated carbocycles. The van der Waals surface area contributed by atoms with E-state index in [1.807, 2.05) is 10.9 Å². The zero-order chi connectivity index (χ0) is 19.6. The fourth-order valence-corrected chi connectivity index (χ4v) is 3.66. The molecule has 27 heavy (non-hydrogen) atoms. The molecule has 0 radical (unpaired) electrons. The Kier molecular flexibility index (Phi) is 5.35. The number of nitrogens with zero attached hydrogens (tertiary/aromatic N) is 2. The fourth-order valence-electron chi connectivity index (χ4n) is 3.66. The van der Waals surface area contributed by atoms with Crippen molar-refractivity contribution in [2.24, 2.45) is 5.41 Å². The van der Waals surface area contributed by atoms with Crippen LogP contribution in [0, 0.1) is 12.3 Å². The van der Waals surface area contributed by atoms with Gasteiger partial charge in [0.25, 0.3) is 0 Å². The highest BCUT2D eigenvalue weighted by Gasteiger charge is 2.36. The van der Waals surface area contributed by atoms with Crippen LogP contribution in [-0.4, -0.2) is 28.8 Å². The monoisotopic (exact) mass is 369 g/mol. The molecule has 1 aromatic carbocycles. The number of carbonyl (C=O) groups excluding carboxylic acids is 2. The second-order valence-corrected chi connectivity index (χ2v) is 8.04. The van der Waals surface area contributed by atoms with Crippen LogP contribution in [0.1, 0.15) is 56.0 Å². The molecule has 1 atom stereocenters. The molecule has 0 fully saturated rings. The van der Waals surface area contributed by atoms with Gasteiger partial charge in [0, 0.05) is 12.0 Å². The highest BCUT2D eigenvalue weighted by molar-refractivity contribution is 5.81. The van der Waals surface area contributed by atoms with Crippen molar-refractivity contribution >= 4 is 11.9 Å². The minimum absolute atomic E-state index is 0.0375. The van der Waals surface area contributed by atoms with E-state index in [9.17, 15) is 9.59 Å². The summed E-state index contributed by atoms with van der Waals surface area (Å²) in [7, 11) is 1.33. The molecule has 1 amide bonds. The van der Waals surface area contributed by atoms with E-state index in [1.54, 1.807) is 0 Å². The summed E-state index contributed by atoms with van der Waals surface area (Å²) in [4.78, 5) is 23.6. The van der Waals surface area contributed by atoms with Crippen molar-refractivity contribution in [3.05, 3.63) is 47.3 Å². The van der Waals surface area contributed by atoms with Crippen molar-refractivity contribution in [2.45, 2.75) is 52.5 Å². The molecule has 1 aliphatic carbocycles. The summed E-state index contributed by atoms with van der Waals surface area (Å²) in [5, 5.41) is 7.68. The summed E-state index contributed by atoms with van der Waals surface area (Å²) < 4.78 is 6.58. The number of methoxy groups -OCH3 is 1. The number of fused-ring (bicyclic) bond motifs is 1. The van der Waals surface area contributed by atoms with Gasteiger partial charge < -0.3 is 10.1 Å². The summed E-state index contributed by atoms with van der Waals surface area (Å²) in [6.07, 6.45) is 3.81. The Morgan fingerprint density at radius 2 is 1.96 bits per heavy atom. The standard InChI is InChI=1S/C21H27N3O3/c1-14-5-7-15(8-6-14)24-18-12-21(2,3)11-17(16(18)13-22-24)23-19(25)9-10-20(26)27-4/h5-8,13,17H,9-12H2,1-4H3,(H,23,25)/t17-/m1/s1. The van der Waals surface area contributed by atoms with Crippen LogP contribution in [0.15, 0.2) is 30.5 Å². The Hall–Kier alpha value is -2.63. The van der Waals surface area contributed by atoms with Crippen LogP contribution < -0.4 is 5.32 Å². The van der Waals surface area contributed by atoms with Crippen LogP contribution in [0.4, 0.5) is 0 Å². The van der Waals surface area contributed by atoms with E-state index in [-0.39, 0.29) is 36.2 Å². The number of esters is 1. The van der Waals surface area contributed by atoms with Crippen LogP contribution in [0.2, 0.25) is 0 Å². The number of benzene rings is 1. The van der Waals surface area contributed by atoms with Crippen LogP contribution in [0.25, 0.3) is 5.69 Å². The largest absolute Gasteiger partial charge is 0.469 e. The van der Waals surface area contributed by atoms with Crippen LogP contribution in [0.5, 0.6) is 0 Å². The minimum Gasteiger partial charge on any atom is -0.469 e. The molecule has 0 saturated heterocycles. The third-order valence-corrected chi connectivity index (χ3v) is 5.08. The predicted octanol–water partition coefficient (Wildman–Crippen LogP) is 3.26. The molecule has 0 unspecified atom stereocenters. The van der Waals surface area contributed by atoms with Crippen LogP contribution in [0.3, 0.4) is 0 Å². The number of amides is 1. The molecule has 0 spiro atoms.